The van der Waals surface area contributed by atoms with E-state index in [2.05, 4.69) is 26.2 Å². The second-order valence-corrected chi connectivity index (χ2v) is 7.02. The molecule has 4 nitrogen and oxygen atoms in total. The lowest BCUT2D eigenvalue weighted by molar-refractivity contribution is 0.102. The fraction of sp³-hybridized carbons (Fsp3) is 0. The van der Waals surface area contributed by atoms with Crippen LogP contribution in [0.4, 0.5) is 5.69 Å². The van der Waals surface area contributed by atoms with Gasteiger partial charge in [-0.2, -0.15) is 0 Å². The van der Waals surface area contributed by atoms with E-state index in [1.807, 2.05) is 24.3 Å². The lowest BCUT2D eigenvalue weighted by Gasteiger charge is -2.05. The summed E-state index contributed by atoms with van der Waals surface area (Å²) in [5.74, 6) is 0.325. The van der Waals surface area contributed by atoms with Gasteiger partial charge in [0, 0.05) is 26.3 Å². The first-order valence-corrected chi connectivity index (χ1v) is 8.99. The predicted molar refractivity (Wildman–Crippen MR) is 107 cm³/mol. The first kappa shape index (κ1) is 16.8. The molecule has 128 valence electrons. The van der Waals surface area contributed by atoms with Gasteiger partial charge in [-0.3, -0.25) is 4.79 Å². The van der Waals surface area contributed by atoms with E-state index in [1.165, 1.54) is 0 Å². The molecule has 0 aliphatic carbocycles. The summed E-state index contributed by atoms with van der Waals surface area (Å²) in [5.41, 5.74) is 3.39. The molecule has 4 aromatic rings. The number of nitrogens with zero attached hydrogens (tertiary/aromatic N) is 1. The number of rotatable bonds is 3. The SMILES string of the molecule is O=C(Nc1ccc2oc(-c3ccc(Cl)cc3)nc2c1)c1ccc(Br)cc1. The van der Waals surface area contributed by atoms with Crippen molar-refractivity contribution in [1.82, 2.24) is 4.98 Å². The van der Waals surface area contributed by atoms with Gasteiger partial charge in [0.2, 0.25) is 5.89 Å². The van der Waals surface area contributed by atoms with E-state index in [1.54, 1.807) is 42.5 Å². The van der Waals surface area contributed by atoms with Gasteiger partial charge < -0.3 is 9.73 Å². The summed E-state index contributed by atoms with van der Waals surface area (Å²) in [4.78, 5) is 16.8. The number of hydrogen-bond donors (Lipinski definition) is 1. The topological polar surface area (TPSA) is 55.1 Å². The molecule has 1 amide bonds. The van der Waals surface area contributed by atoms with Gasteiger partial charge in [-0.25, -0.2) is 4.98 Å². The average molecular weight is 428 g/mol. The summed E-state index contributed by atoms with van der Waals surface area (Å²) >= 11 is 9.27. The quantitative estimate of drug-likeness (QED) is 0.426. The van der Waals surface area contributed by atoms with Crippen molar-refractivity contribution in [2.24, 2.45) is 0 Å². The van der Waals surface area contributed by atoms with Crippen LogP contribution in [0.25, 0.3) is 22.6 Å². The highest BCUT2D eigenvalue weighted by Crippen LogP contribution is 2.27. The normalized spacial score (nSPS) is 10.8. The van der Waals surface area contributed by atoms with Gasteiger partial charge in [0.15, 0.2) is 5.58 Å². The zero-order valence-corrected chi connectivity index (χ0v) is 15.7. The maximum absolute atomic E-state index is 12.3. The highest BCUT2D eigenvalue weighted by molar-refractivity contribution is 9.10. The molecule has 1 aromatic heterocycles. The molecular formula is C20H12BrClN2O2. The fourth-order valence-electron chi connectivity index (χ4n) is 2.53. The average Bonchev–Trinajstić information content (AvgIpc) is 3.06. The van der Waals surface area contributed by atoms with E-state index in [0.29, 0.717) is 33.3 Å². The minimum Gasteiger partial charge on any atom is -0.436 e. The molecule has 1 heterocycles. The maximum Gasteiger partial charge on any atom is 0.255 e. The first-order valence-electron chi connectivity index (χ1n) is 7.82. The summed E-state index contributed by atoms with van der Waals surface area (Å²) in [6.07, 6.45) is 0. The van der Waals surface area contributed by atoms with Gasteiger partial charge in [-0.1, -0.05) is 27.5 Å². The van der Waals surface area contributed by atoms with Crippen LogP contribution in [-0.2, 0) is 0 Å². The number of benzene rings is 3. The molecule has 0 spiro atoms. The Kier molecular flexibility index (Phi) is 4.49. The van der Waals surface area contributed by atoms with Crippen LogP contribution in [0.1, 0.15) is 10.4 Å². The summed E-state index contributed by atoms with van der Waals surface area (Å²) in [5, 5.41) is 3.53. The summed E-state index contributed by atoms with van der Waals surface area (Å²) in [7, 11) is 0. The van der Waals surface area contributed by atoms with Crippen molar-refractivity contribution in [3.05, 3.63) is 81.8 Å². The van der Waals surface area contributed by atoms with Crippen LogP contribution in [0.3, 0.4) is 0 Å². The van der Waals surface area contributed by atoms with Crippen molar-refractivity contribution in [2.75, 3.05) is 5.32 Å². The molecule has 26 heavy (non-hydrogen) atoms. The van der Waals surface area contributed by atoms with Crippen LogP contribution in [0.15, 0.2) is 75.6 Å². The largest absolute Gasteiger partial charge is 0.436 e. The van der Waals surface area contributed by atoms with Crippen LogP contribution < -0.4 is 5.32 Å². The number of carbonyl (C=O) groups excluding carboxylic acids is 1. The third kappa shape index (κ3) is 3.49. The van der Waals surface area contributed by atoms with Crippen molar-refractivity contribution >= 4 is 50.2 Å². The number of hydrogen-bond acceptors (Lipinski definition) is 3. The number of anilines is 1. The Morgan fingerprint density at radius 1 is 1.00 bits per heavy atom. The third-order valence-electron chi connectivity index (χ3n) is 3.84. The molecule has 4 rings (SSSR count). The van der Waals surface area contributed by atoms with Crippen molar-refractivity contribution < 1.29 is 9.21 Å². The molecule has 6 heteroatoms. The number of aromatic nitrogens is 1. The Bertz CT molecular complexity index is 1090. The van der Waals surface area contributed by atoms with Crippen molar-refractivity contribution in [3.8, 4) is 11.5 Å². The zero-order chi connectivity index (χ0) is 18.1. The molecule has 0 unspecified atom stereocenters. The lowest BCUT2D eigenvalue weighted by Crippen LogP contribution is -2.11. The third-order valence-corrected chi connectivity index (χ3v) is 4.62. The maximum atomic E-state index is 12.3. The Morgan fingerprint density at radius 3 is 2.46 bits per heavy atom. The summed E-state index contributed by atoms with van der Waals surface area (Å²) < 4.78 is 6.70. The highest BCUT2D eigenvalue weighted by Gasteiger charge is 2.11. The summed E-state index contributed by atoms with van der Waals surface area (Å²) in [6, 6.07) is 19.8. The van der Waals surface area contributed by atoms with Crippen LogP contribution >= 0.6 is 27.5 Å². The van der Waals surface area contributed by atoms with Crippen LogP contribution in [-0.4, -0.2) is 10.9 Å². The number of amides is 1. The number of nitrogens with one attached hydrogen (secondary N) is 1. The Labute approximate surface area is 162 Å². The van der Waals surface area contributed by atoms with Gasteiger partial charge in [0.05, 0.1) is 0 Å². The molecular weight excluding hydrogens is 416 g/mol. The second kappa shape index (κ2) is 6.94. The minimum absolute atomic E-state index is 0.182. The Morgan fingerprint density at radius 2 is 1.73 bits per heavy atom. The van der Waals surface area contributed by atoms with Crippen LogP contribution in [0.5, 0.6) is 0 Å². The van der Waals surface area contributed by atoms with E-state index in [9.17, 15) is 4.79 Å². The Hall–Kier alpha value is -2.63. The van der Waals surface area contributed by atoms with Crippen LogP contribution in [0.2, 0.25) is 5.02 Å². The lowest BCUT2D eigenvalue weighted by atomic mass is 10.2. The smallest absolute Gasteiger partial charge is 0.255 e. The molecule has 0 aliphatic rings. The van der Waals surface area contributed by atoms with E-state index in [0.717, 1.165) is 10.0 Å². The van der Waals surface area contributed by atoms with Crippen molar-refractivity contribution in [2.45, 2.75) is 0 Å². The molecule has 0 saturated carbocycles. The number of oxazole rings is 1. The molecule has 0 radical (unpaired) electrons. The van der Waals surface area contributed by atoms with E-state index < -0.39 is 0 Å². The molecule has 0 atom stereocenters. The minimum atomic E-state index is -0.182. The second-order valence-electron chi connectivity index (χ2n) is 5.67. The van der Waals surface area contributed by atoms with Crippen molar-refractivity contribution in [1.29, 1.82) is 0 Å². The molecule has 1 N–H and O–H groups in total. The molecule has 3 aromatic carbocycles. The van der Waals surface area contributed by atoms with Gasteiger partial charge in [-0.05, 0) is 66.7 Å². The standard InChI is InChI=1S/C20H12BrClN2O2/c21-14-5-1-12(2-6-14)19(25)23-16-9-10-18-17(11-16)24-20(26-18)13-3-7-15(22)8-4-13/h1-11H,(H,23,25). The van der Waals surface area contributed by atoms with Gasteiger partial charge in [0.25, 0.3) is 5.91 Å². The predicted octanol–water partition coefficient (Wildman–Crippen LogP) is 6.16. The number of carbonyl (C=O) groups is 1. The highest BCUT2D eigenvalue weighted by atomic mass is 79.9. The van der Waals surface area contributed by atoms with Gasteiger partial charge in [0.1, 0.15) is 5.52 Å². The van der Waals surface area contributed by atoms with E-state index >= 15 is 0 Å². The van der Waals surface area contributed by atoms with Gasteiger partial charge >= 0.3 is 0 Å². The Balaban J connectivity index is 1.60. The van der Waals surface area contributed by atoms with Gasteiger partial charge in [-0.15, -0.1) is 0 Å². The number of fused-ring (bicyclic) bond motifs is 1. The molecule has 0 fully saturated rings. The number of halogens is 2. The monoisotopic (exact) mass is 426 g/mol. The summed E-state index contributed by atoms with van der Waals surface area (Å²) in [6.45, 7) is 0. The van der Waals surface area contributed by atoms with E-state index in [-0.39, 0.29) is 5.91 Å². The van der Waals surface area contributed by atoms with Crippen molar-refractivity contribution in [3.63, 3.8) is 0 Å². The van der Waals surface area contributed by atoms with E-state index in [4.69, 9.17) is 16.0 Å². The molecule has 0 saturated heterocycles. The fourth-order valence-corrected chi connectivity index (χ4v) is 2.92. The first-order chi connectivity index (χ1) is 12.6. The zero-order valence-electron chi connectivity index (χ0n) is 13.4. The molecule has 0 aliphatic heterocycles. The van der Waals surface area contributed by atoms with Crippen LogP contribution in [0, 0.1) is 0 Å². The molecule has 0 bridgehead atoms.